The van der Waals surface area contributed by atoms with Gasteiger partial charge in [0.05, 0.1) is 6.04 Å². The van der Waals surface area contributed by atoms with Crippen molar-refractivity contribution in [1.29, 1.82) is 0 Å². The van der Waals surface area contributed by atoms with Crippen LogP contribution in [0.1, 0.15) is 19.7 Å². The highest BCUT2D eigenvalue weighted by Crippen LogP contribution is 2.16. The Morgan fingerprint density at radius 3 is 2.59 bits per heavy atom. The highest BCUT2D eigenvalue weighted by Gasteiger charge is 2.17. The third-order valence-electron chi connectivity index (χ3n) is 3.05. The normalized spacial score (nSPS) is 15.5. The molecule has 1 aliphatic rings. The SMILES string of the molecule is CCN(CC)c1cc(NC2CNC2)nc(C)n1. The molecule has 0 aliphatic carbocycles. The van der Waals surface area contributed by atoms with Crippen LogP contribution in [0.5, 0.6) is 0 Å². The molecule has 2 N–H and O–H groups in total. The fraction of sp³-hybridized carbons (Fsp3) is 0.667. The minimum Gasteiger partial charge on any atom is -0.365 e. The van der Waals surface area contributed by atoms with Crippen molar-refractivity contribution < 1.29 is 0 Å². The first-order chi connectivity index (χ1) is 8.22. The van der Waals surface area contributed by atoms with E-state index in [-0.39, 0.29) is 0 Å². The second kappa shape index (κ2) is 5.31. The molecule has 1 saturated heterocycles. The molecule has 0 spiro atoms. The maximum Gasteiger partial charge on any atom is 0.134 e. The van der Waals surface area contributed by atoms with Gasteiger partial charge in [-0.2, -0.15) is 0 Å². The molecule has 17 heavy (non-hydrogen) atoms. The summed E-state index contributed by atoms with van der Waals surface area (Å²) in [5.74, 6) is 2.77. The first-order valence-electron chi connectivity index (χ1n) is 6.30. The molecule has 5 nitrogen and oxygen atoms in total. The Morgan fingerprint density at radius 1 is 1.35 bits per heavy atom. The van der Waals surface area contributed by atoms with Crippen LogP contribution in [-0.4, -0.2) is 42.2 Å². The fourth-order valence-corrected chi connectivity index (χ4v) is 1.94. The van der Waals surface area contributed by atoms with E-state index in [1.165, 1.54) is 0 Å². The lowest BCUT2D eigenvalue weighted by atomic mass is 10.2. The monoisotopic (exact) mass is 235 g/mol. The molecule has 1 aromatic heterocycles. The second-order valence-electron chi connectivity index (χ2n) is 4.33. The van der Waals surface area contributed by atoms with E-state index in [4.69, 9.17) is 0 Å². The Kier molecular flexibility index (Phi) is 3.78. The van der Waals surface area contributed by atoms with E-state index in [0.717, 1.165) is 43.6 Å². The molecule has 0 aromatic carbocycles. The van der Waals surface area contributed by atoms with Crippen molar-refractivity contribution in [3.63, 3.8) is 0 Å². The maximum absolute atomic E-state index is 4.49. The number of hydrogen-bond donors (Lipinski definition) is 2. The van der Waals surface area contributed by atoms with Crippen LogP contribution in [0.25, 0.3) is 0 Å². The third kappa shape index (κ3) is 2.85. The van der Waals surface area contributed by atoms with Crippen LogP contribution in [0.3, 0.4) is 0 Å². The van der Waals surface area contributed by atoms with Gasteiger partial charge in [0.15, 0.2) is 0 Å². The number of aromatic nitrogens is 2. The summed E-state index contributed by atoms with van der Waals surface area (Å²) in [7, 11) is 0. The molecule has 0 atom stereocenters. The molecular formula is C12H21N5. The smallest absolute Gasteiger partial charge is 0.134 e. The number of anilines is 2. The standard InChI is InChI=1S/C12H21N5/c1-4-17(5-2)12-6-11(14-9(3)15-12)16-10-7-13-8-10/h6,10,13H,4-5,7-8H2,1-3H3,(H,14,15,16). The Morgan fingerprint density at radius 2 is 2.06 bits per heavy atom. The van der Waals surface area contributed by atoms with Crippen LogP contribution in [0.4, 0.5) is 11.6 Å². The molecule has 1 fully saturated rings. The number of aryl methyl sites for hydroxylation is 1. The van der Waals surface area contributed by atoms with Crippen LogP contribution in [0, 0.1) is 6.92 Å². The third-order valence-corrected chi connectivity index (χ3v) is 3.05. The predicted molar refractivity (Wildman–Crippen MR) is 70.6 cm³/mol. The molecule has 1 aliphatic heterocycles. The first-order valence-corrected chi connectivity index (χ1v) is 6.30. The quantitative estimate of drug-likeness (QED) is 0.798. The average molecular weight is 235 g/mol. The zero-order valence-corrected chi connectivity index (χ0v) is 10.8. The van der Waals surface area contributed by atoms with E-state index in [9.17, 15) is 0 Å². The average Bonchev–Trinajstić information content (AvgIpc) is 2.25. The van der Waals surface area contributed by atoms with Gasteiger partial charge in [-0.25, -0.2) is 9.97 Å². The fourth-order valence-electron chi connectivity index (χ4n) is 1.94. The molecule has 0 radical (unpaired) electrons. The lowest BCUT2D eigenvalue weighted by Gasteiger charge is -2.29. The Bertz CT molecular complexity index is 371. The summed E-state index contributed by atoms with van der Waals surface area (Å²) in [6.45, 7) is 10.2. The topological polar surface area (TPSA) is 53.1 Å². The molecule has 0 saturated carbocycles. The van der Waals surface area contributed by atoms with Crippen LogP contribution in [-0.2, 0) is 0 Å². The van der Waals surface area contributed by atoms with Crippen LogP contribution >= 0.6 is 0 Å². The minimum absolute atomic E-state index is 0.508. The maximum atomic E-state index is 4.49. The van der Waals surface area contributed by atoms with Gasteiger partial charge in [-0.05, 0) is 20.8 Å². The first kappa shape index (κ1) is 12.1. The zero-order valence-electron chi connectivity index (χ0n) is 10.8. The van der Waals surface area contributed by atoms with Gasteiger partial charge < -0.3 is 15.5 Å². The number of nitrogens with zero attached hydrogens (tertiary/aromatic N) is 3. The van der Waals surface area contributed by atoms with Gasteiger partial charge in [-0.1, -0.05) is 0 Å². The summed E-state index contributed by atoms with van der Waals surface area (Å²) in [5.41, 5.74) is 0. The predicted octanol–water partition coefficient (Wildman–Crippen LogP) is 1.01. The number of rotatable bonds is 5. The van der Waals surface area contributed by atoms with Gasteiger partial charge in [-0.3, -0.25) is 0 Å². The zero-order chi connectivity index (χ0) is 12.3. The molecule has 1 aromatic rings. The largest absolute Gasteiger partial charge is 0.365 e. The minimum atomic E-state index is 0.508. The lowest BCUT2D eigenvalue weighted by molar-refractivity contribution is 0.471. The molecular weight excluding hydrogens is 214 g/mol. The van der Waals surface area contributed by atoms with Gasteiger partial charge in [0, 0.05) is 32.2 Å². The van der Waals surface area contributed by atoms with E-state index in [1.54, 1.807) is 0 Å². The van der Waals surface area contributed by atoms with E-state index < -0.39 is 0 Å². The Balaban J connectivity index is 2.15. The van der Waals surface area contributed by atoms with Crippen molar-refractivity contribution in [3.05, 3.63) is 11.9 Å². The lowest BCUT2D eigenvalue weighted by Crippen LogP contribution is -2.51. The summed E-state index contributed by atoms with van der Waals surface area (Å²) in [5, 5.41) is 6.66. The van der Waals surface area contributed by atoms with Crippen molar-refractivity contribution in [3.8, 4) is 0 Å². The van der Waals surface area contributed by atoms with Crippen LogP contribution in [0.2, 0.25) is 0 Å². The Labute approximate surface area is 103 Å². The highest BCUT2D eigenvalue weighted by molar-refractivity contribution is 5.50. The molecule has 2 heterocycles. The molecule has 0 unspecified atom stereocenters. The van der Waals surface area contributed by atoms with E-state index in [2.05, 4.69) is 39.3 Å². The Hall–Kier alpha value is -1.36. The molecule has 2 rings (SSSR count). The molecule has 5 heteroatoms. The van der Waals surface area contributed by atoms with Gasteiger partial charge in [0.1, 0.15) is 17.5 Å². The second-order valence-corrected chi connectivity index (χ2v) is 4.33. The summed E-state index contributed by atoms with van der Waals surface area (Å²) >= 11 is 0. The van der Waals surface area contributed by atoms with E-state index in [1.807, 2.05) is 13.0 Å². The van der Waals surface area contributed by atoms with Gasteiger partial charge in [0.2, 0.25) is 0 Å². The van der Waals surface area contributed by atoms with Gasteiger partial charge in [-0.15, -0.1) is 0 Å². The molecule has 0 amide bonds. The van der Waals surface area contributed by atoms with Gasteiger partial charge in [0.25, 0.3) is 0 Å². The van der Waals surface area contributed by atoms with Crippen molar-refractivity contribution in [2.45, 2.75) is 26.8 Å². The van der Waals surface area contributed by atoms with Crippen molar-refractivity contribution in [2.24, 2.45) is 0 Å². The summed E-state index contributed by atoms with van der Waals surface area (Å²) in [6, 6.07) is 2.55. The molecule has 0 bridgehead atoms. The number of hydrogen-bond acceptors (Lipinski definition) is 5. The summed E-state index contributed by atoms with van der Waals surface area (Å²) in [4.78, 5) is 11.2. The van der Waals surface area contributed by atoms with Gasteiger partial charge >= 0.3 is 0 Å². The van der Waals surface area contributed by atoms with E-state index in [0.29, 0.717) is 6.04 Å². The summed E-state index contributed by atoms with van der Waals surface area (Å²) < 4.78 is 0. The summed E-state index contributed by atoms with van der Waals surface area (Å²) in [6.07, 6.45) is 0. The van der Waals surface area contributed by atoms with Crippen molar-refractivity contribution in [2.75, 3.05) is 36.4 Å². The van der Waals surface area contributed by atoms with Crippen molar-refractivity contribution >= 4 is 11.6 Å². The van der Waals surface area contributed by atoms with Crippen LogP contribution in [0.15, 0.2) is 6.07 Å². The van der Waals surface area contributed by atoms with Crippen LogP contribution < -0.4 is 15.5 Å². The van der Waals surface area contributed by atoms with E-state index >= 15 is 0 Å². The van der Waals surface area contributed by atoms with Crippen molar-refractivity contribution in [1.82, 2.24) is 15.3 Å². The highest BCUT2D eigenvalue weighted by atomic mass is 15.2. The number of nitrogens with one attached hydrogen (secondary N) is 2. The molecule has 94 valence electrons.